The van der Waals surface area contributed by atoms with Crippen LogP contribution in [-0.4, -0.2) is 47.5 Å². The quantitative estimate of drug-likeness (QED) is 0.290. The number of halogens is 1. The van der Waals surface area contributed by atoms with Crippen molar-refractivity contribution in [3.05, 3.63) is 70.9 Å². The second-order valence-electron chi connectivity index (χ2n) is 6.95. The third-order valence-electron chi connectivity index (χ3n) is 4.64. The predicted octanol–water partition coefficient (Wildman–Crippen LogP) is 3.44. The standard InChI is InChI=1S/C21H23ClN8S/c1-29-21(24-27-28-29)31-13-7-12-23-14-19-20(16-8-3-2-4-9-16)26-30(25-19)15-17-10-5-6-11-18(17)22/h2-6,8-11,23H,7,12-15H2,1H3. The van der Waals surface area contributed by atoms with E-state index in [0.717, 1.165) is 51.4 Å². The molecule has 2 aromatic carbocycles. The molecule has 0 fully saturated rings. The van der Waals surface area contributed by atoms with Crippen molar-refractivity contribution in [3.63, 3.8) is 0 Å². The van der Waals surface area contributed by atoms with Crippen LogP contribution < -0.4 is 5.32 Å². The van der Waals surface area contributed by atoms with E-state index in [2.05, 4.69) is 33.0 Å². The molecule has 0 saturated heterocycles. The molecule has 2 heterocycles. The topological polar surface area (TPSA) is 86.3 Å². The molecule has 160 valence electrons. The van der Waals surface area contributed by atoms with Crippen LogP contribution in [0.4, 0.5) is 0 Å². The number of benzene rings is 2. The first-order valence-electron chi connectivity index (χ1n) is 9.99. The van der Waals surface area contributed by atoms with Gasteiger partial charge in [0.1, 0.15) is 11.4 Å². The highest BCUT2D eigenvalue weighted by molar-refractivity contribution is 7.99. The van der Waals surface area contributed by atoms with Gasteiger partial charge in [-0.15, -0.1) is 5.10 Å². The Morgan fingerprint density at radius 2 is 1.84 bits per heavy atom. The minimum atomic E-state index is 0.530. The summed E-state index contributed by atoms with van der Waals surface area (Å²) in [6.45, 7) is 2.04. The molecule has 4 aromatic rings. The fraction of sp³-hybridized carbons (Fsp3) is 0.286. The fourth-order valence-electron chi connectivity index (χ4n) is 3.08. The van der Waals surface area contributed by atoms with Crippen LogP contribution in [0.2, 0.25) is 5.02 Å². The molecule has 0 bridgehead atoms. The molecule has 0 spiro atoms. The van der Waals surface area contributed by atoms with Gasteiger partial charge >= 0.3 is 0 Å². The Bertz CT molecular complexity index is 1110. The number of aromatic nitrogens is 7. The second kappa shape index (κ2) is 10.5. The van der Waals surface area contributed by atoms with E-state index < -0.39 is 0 Å². The predicted molar refractivity (Wildman–Crippen MR) is 122 cm³/mol. The van der Waals surface area contributed by atoms with Crippen molar-refractivity contribution in [2.24, 2.45) is 7.05 Å². The first kappa shape index (κ1) is 21.5. The van der Waals surface area contributed by atoms with Crippen LogP contribution in [0.25, 0.3) is 11.3 Å². The van der Waals surface area contributed by atoms with Gasteiger partial charge in [-0.05, 0) is 35.0 Å². The lowest BCUT2D eigenvalue weighted by Gasteiger charge is -2.04. The number of nitrogens with one attached hydrogen (secondary N) is 1. The summed E-state index contributed by atoms with van der Waals surface area (Å²) < 4.78 is 1.68. The van der Waals surface area contributed by atoms with Gasteiger partial charge in [0.25, 0.3) is 0 Å². The Morgan fingerprint density at radius 3 is 2.61 bits per heavy atom. The van der Waals surface area contributed by atoms with Gasteiger partial charge in [0.05, 0.1) is 6.54 Å². The molecule has 0 radical (unpaired) electrons. The largest absolute Gasteiger partial charge is 0.311 e. The average Bonchev–Trinajstić information content (AvgIpc) is 3.38. The molecule has 31 heavy (non-hydrogen) atoms. The lowest BCUT2D eigenvalue weighted by atomic mass is 10.1. The van der Waals surface area contributed by atoms with Crippen LogP contribution >= 0.6 is 23.4 Å². The lowest BCUT2D eigenvalue weighted by molar-refractivity contribution is 0.576. The van der Waals surface area contributed by atoms with Gasteiger partial charge in [0.15, 0.2) is 0 Å². The fourth-order valence-corrected chi connectivity index (χ4v) is 4.07. The van der Waals surface area contributed by atoms with Gasteiger partial charge in [-0.25, -0.2) is 4.68 Å². The monoisotopic (exact) mass is 454 g/mol. The Labute approximate surface area is 190 Å². The zero-order valence-corrected chi connectivity index (χ0v) is 18.7. The highest BCUT2D eigenvalue weighted by Gasteiger charge is 2.14. The smallest absolute Gasteiger partial charge is 0.209 e. The molecule has 0 aliphatic heterocycles. The summed E-state index contributed by atoms with van der Waals surface area (Å²) in [7, 11) is 1.84. The number of hydrogen-bond donors (Lipinski definition) is 1. The van der Waals surface area contributed by atoms with E-state index in [1.807, 2.05) is 49.5 Å². The number of nitrogens with zero attached hydrogens (tertiary/aromatic N) is 7. The first-order chi connectivity index (χ1) is 15.2. The van der Waals surface area contributed by atoms with E-state index in [1.165, 1.54) is 0 Å². The Morgan fingerprint density at radius 1 is 1.03 bits per heavy atom. The zero-order valence-electron chi connectivity index (χ0n) is 17.1. The third kappa shape index (κ3) is 5.69. The van der Waals surface area contributed by atoms with Crippen molar-refractivity contribution in [2.45, 2.75) is 24.7 Å². The van der Waals surface area contributed by atoms with Crippen LogP contribution in [0, 0.1) is 0 Å². The van der Waals surface area contributed by atoms with Crippen molar-refractivity contribution in [1.29, 1.82) is 0 Å². The highest BCUT2D eigenvalue weighted by atomic mass is 35.5. The van der Waals surface area contributed by atoms with E-state index in [0.29, 0.717) is 13.1 Å². The number of aryl methyl sites for hydroxylation is 1. The Kier molecular flexibility index (Phi) is 7.29. The van der Waals surface area contributed by atoms with E-state index in [4.69, 9.17) is 21.8 Å². The molecule has 0 aliphatic carbocycles. The summed E-state index contributed by atoms with van der Waals surface area (Å²) in [4.78, 5) is 1.72. The van der Waals surface area contributed by atoms with Crippen molar-refractivity contribution in [2.75, 3.05) is 12.3 Å². The lowest BCUT2D eigenvalue weighted by Crippen LogP contribution is -2.16. The number of thioether (sulfide) groups is 1. The van der Waals surface area contributed by atoms with E-state index in [1.54, 1.807) is 21.2 Å². The minimum absolute atomic E-state index is 0.530. The molecule has 2 aromatic heterocycles. The Hall–Kier alpha value is -2.75. The van der Waals surface area contributed by atoms with Crippen LogP contribution in [-0.2, 0) is 20.1 Å². The zero-order chi connectivity index (χ0) is 21.5. The van der Waals surface area contributed by atoms with Gasteiger partial charge < -0.3 is 5.32 Å². The van der Waals surface area contributed by atoms with Gasteiger partial charge in [-0.2, -0.15) is 15.0 Å². The summed E-state index contributed by atoms with van der Waals surface area (Å²) in [5.41, 5.74) is 3.85. The normalized spacial score (nSPS) is 11.2. The summed E-state index contributed by atoms with van der Waals surface area (Å²) >= 11 is 7.97. The molecular formula is C21H23ClN8S. The maximum atomic E-state index is 6.32. The summed E-state index contributed by atoms with van der Waals surface area (Å²) in [5.74, 6) is 0.936. The van der Waals surface area contributed by atoms with Crippen molar-refractivity contribution in [1.82, 2.24) is 40.5 Å². The van der Waals surface area contributed by atoms with Crippen molar-refractivity contribution in [3.8, 4) is 11.3 Å². The van der Waals surface area contributed by atoms with Crippen molar-refractivity contribution < 1.29 is 0 Å². The number of rotatable bonds is 10. The summed E-state index contributed by atoms with van der Waals surface area (Å²) in [6, 6.07) is 17.9. The average molecular weight is 455 g/mol. The minimum Gasteiger partial charge on any atom is -0.311 e. The van der Waals surface area contributed by atoms with Crippen LogP contribution in [0.15, 0.2) is 59.8 Å². The van der Waals surface area contributed by atoms with E-state index >= 15 is 0 Å². The van der Waals surface area contributed by atoms with Gasteiger partial charge in [-0.1, -0.05) is 71.9 Å². The van der Waals surface area contributed by atoms with E-state index in [9.17, 15) is 0 Å². The third-order valence-corrected chi connectivity index (χ3v) is 6.11. The molecular weight excluding hydrogens is 432 g/mol. The van der Waals surface area contributed by atoms with Gasteiger partial charge in [0.2, 0.25) is 5.16 Å². The van der Waals surface area contributed by atoms with Crippen LogP contribution in [0.3, 0.4) is 0 Å². The van der Waals surface area contributed by atoms with Crippen LogP contribution in [0.5, 0.6) is 0 Å². The molecule has 0 atom stereocenters. The molecule has 1 N–H and O–H groups in total. The highest BCUT2D eigenvalue weighted by Crippen LogP contribution is 2.22. The molecule has 0 amide bonds. The molecule has 4 rings (SSSR count). The second-order valence-corrected chi connectivity index (χ2v) is 8.42. The SMILES string of the molecule is Cn1nnnc1SCCCNCc1nn(Cc2ccccc2Cl)nc1-c1ccccc1. The summed E-state index contributed by atoms with van der Waals surface area (Å²) in [5, 5.41) is 26.0. The van der Waals surface area contributed by atoms with Crippen molar-refractivity contribution >= 4 is 23.4 Å². The Balaban J connectivity index is 1.39. The van der Waals surface area contributed by atoms with Crippen LogP contribution in [0.1, 0.15) is 17.7 Å². The molecule has 0 aliphatic rings. The van der Waals surface area contributed by atoms with Gasteiger partial charge in [-0.3, -0.25) is 0 Å². The van der Waals surface area contributed by atoms with Gasteiger partial charge in [0, 0.05) is 29.9 Å². The molecule has 0 saturated carbocycles. The molecule has 0 unspecified atom stereocenters. The maximum Gasteiger partial charge on any atom is 0.209 e. The number of tetrazole rings is 1. The first-order valence-corrected chi connectivity index (χ1v) is 11.4. The number of hydrogen-bond acceptors (Lipinski definition) is 7. The molecule has 10 heteroatoms. The van der Waals surface area contributed by atoms with E-state index in [-0.39, 0.29) is 0 Å². The maximum absolute atomic E-state index is 6.32. The molecule has 8 nitrogen and oxygen atoms in total. The summed E-state index contributed by atoms with van der Waals surface area (Å²) in [6.07, 6.45) is 0.992.